The van der Waals surface area contributed by atoms with Gasteiger partial charge in [0.25, 0.3) is 0 Å². The van der Waals surface area contributed by atoms with Crippen LogP contribution < -0.4 is 20.5 Å². The van der Waals surface area contributed by atoms with Crippen LogP contribution in [-0.2, 0) is 54.2 Å². The Morgan fingerprint density at radius 2 is 0.942 bits per heavy atom. The van der Waals surface area contributed by atoms with Gasteiger partial charge in [0.05, 0.1) is 51.5 Å². The molecule has 0 aromatic carbocycles. The molecule has 8 heterocycles. The SMILES string of the molecule is C.C.CO[C@@H](C)c1c(C(=O)O)cnc2cc(Cl)nn12.CO[C@@H](C)c1c(CC(=O)Cc2cc(Cl)cnc2OC[C@H](C)N)cnc2cc(Cl)nn12.CO[C@@H](C)c1c(CC(=O)Cc2cc(Cl)cnc2OC[C@H](C)NC(=O)OC(C)(C)C)cnc2cc(Cl)nn12.[2HH]. The van der Waals surface area contributed by atoms with Crippen LogP contribution in [0.15, 0.2) is 61.3 Å². The minimum absolute atomic E-state index is 0. The maximum absolute atomic E-state index is 13.1. The number of aromatic nitrogens is 11. The molecule has 0 bridgehead atoms. The van der Waals surface area contributed by atoms with E-state index >= 15 is 0 Å². The van der Waals surface area contributed by atoms with Crippen molar-refractivity contribution in [1.29, 1.82) is 0 Å². The van der Waals surface area contributed by atoms with Crippen molar-refractivity contribution in [2.75, 3.05) is 34.5 Å². The zero-order valence-corrected chi connectivity index (χ0v) is 51.6. The second-order valence-corrected chi connectivity index (χ2v) is 22.2. The number of hydrogen-bond acceptors (Lipinski definition) is 19. The van der Waals surface area contributed by atoms with Crippen LogP contribution in [0.2, 0.25) is 25.5 Å². The molecule has 8 rings (SSSR count). The highest BCUT2D eigenvalue weighted by atomic mass is 35.5. The van der Waals surface area contributed by atoms with Crippen LogP contribution in [0.3, 0.4) is 0 Å². The summed E-state index contributed by atoms with van der Waals surface area (Å²) in [5, 5.41) is 26.0. The topological polar surface area (TPSA) is 298 Å². The number of alkyl carbamates (subject to hydrolysis) is 1. The highest BCUT2D eigenvalue weighted by Gasteiger charge is 2.25. The molecular weight excluding hydrogens is 1220 g/mol. The van der Waals surface area contributed by atoms with Crippen LogP contribution in [0.25, 0.3) is 16.9 Å². The molecule has 0 aliphatic heterocycles. The van der Waals surface area contributed by atoms with E-state index in [1.54, 1.807) is 101 Å². The molecule has 5 atom stereocenters. The zero-order valence-electron chi connectivity index (χ0n) is 47.8. The minimum atomic E-state index is -1.08. The largest absolute Gasteiger partial charge is 0.478 e. The molecule has 0 spiro atoms. The Hall–Kier alpha value is -6.87. The van der Waals surface area contributed by atoms with E-state index in [1.165, 1.54) is 30.2 Å². The molecule has 86 heavy (non-hydrogen) atoms. The first-order valence-electron chi connectivity index (χ1n) is 25.9. The third-order valence-electron chi connectivity index (χ3n) is 12.1. The fourth-order valence-electron chi connectivity index (χ4n) is 8.26. The number of halogens is 5. The van der Waals surface area contributed by atoms with Gasteiger partial charge in [0.1, 0.15) is 35.9 Å². The molecule has 0 aliphatic carbocycles. The summed E-state index contributed by atoms with van der Waals surface area (Å²) in [7, 11) is 4.66. The maximum Gasteiger partial charge on any atom is 0.407 e. The first kappa shape index (κ1) is 71.6. The average Bonchev–Trinajstić information content (AvgIpc) is 1.91. The number of aromatic carboxylic acids is 1. The van der Waals surface area contributed by atoms with Gasteiger partial charge < -0.3 is 44.6 Å². The molecule has 0 radical (unpaired) electrons. The zero-order chi connectivity index (χ0) is 61.7. The normalized spacial score (nSPS) is 12.9. The number of nitrogens with two attached hydrogens (primary N) is 1. The number of hydrogen-bond donors (Lipinski definition) is 3. The van der Waals surface area contributed by atoms with E-state index in [2.05, 4.69) is 45.5 Å². The van der Waals surface area contributed by atoms with Crippen LogP contribution in [-0.4, -0.2) is 135 Å². The second-order valence-electron chi connectivity index (χ2n) is 20.2. The average molecular weight is 1300 g/mol. The molecule has 4 N–H and O–H groups in total. The lowest BCUT2D eigenvalue weighted by Crippen LogP contribution is -2.40. The maximum atomic E-state index is 13.1. The van der Waals surface area contributed by atoms with Crippen LogP contribution in [0, 0.1) is 0 Å². The summed E-state index contributed by atoms with van der Waals surface area (Å²) >= 11 is 30.1. The number of pyridine rings is 2. The molecule has 29 heteroatoms. The molecule has 0 fully saturated rings. The summed E-state index contributed by atoms with van der Waals surface area (Å²) < 4.78 is 37.4. The summed E-state index contributed by atoms with van der Waals surface area (Å²) in [5.41, 5.74) is 11.1. The number of ketones is 2. The molecule has 0 saturated heterocycles. The number of nitrogens with one attached hydrogen (secondary N) is 1. The third kappa shape index (κ3) is 19.6. The monoisotopic (exact) mass is 1290 g/mol. The summed E-state index contributed by atoms with van der Waals surface area (Å²) in [4.78, 5) is 70.3. The van der Waals surface area contributed by atoms with Gasteiger partial charge in [-0.1, -0.05) is 72.9 Å². The third-order valence-corrected chi connectivity index (χ3v) is 13.1. The first-order chi connectivity index (χ1) is 39.7. The number of rotatable bonds is 22. The number of carbonyl (C=O) groups excluding carboxylic acids is 3. The van der Waals surface area contributed by atoms with Gasteiger partial charge in [-0.3, -0.25) is 9.59 Å². The Kier molecular flexibility index (Phi) is 26.8. The molecule has 0 unspecified atom stereocenters. The van der Waals surface area contributed by atoms with Gasteiger partial charge in [-0.05, 0) is 67.5 Å². The lowest BCUT2D eigenvalue weighted by Gasteiger charge is -2.22. The predicted octanol–water partition coefficient (Wildman–Crippen LogP) is 11.3. The van der Waals surface area contributed by atoms with Crippen LogP contribution >= 0.6 is 58.0 Å². The van der Waals surface area contributed by atoms with Gasteiger partial charge >= 0.3 is 12.1 Å². The number of carbonyl (C=O) groups is 4. The number of methoxy groups -OCH3 is 3. The van der Waals surface area contributed by atoms with E-state index in [9.17, 15) is 19.2 Å². The lowest BCUT2D eigenvalue weighted by atomic mass is 10.0. The van der Waals surface area contributed by atoms with Crippen molar-refractivity contribution in [2.24, 2.45) is 5.73 Å². The van der Waals surface area contributed by atoms with Gasteiger partial charge in [0, 0.05) is 126 Å². The lowest BCUT2D eigenvalue weighted by molar-refractivity contribution is -0.118. The van der Waals surface area contributed by atoms with E-state index in [0.29, 0.717) is 76.8 Å². The number of nitrogens with zero attached hydrogens (tertiary/aromatic N) is 11. The van der Waals surface area contributed by atoms with E-state index in [0.717, 1.165) is 5.69 Å². The predicted molar refractivity (Wildman–Crippen MR) is 330 cm³/mol. The van der Waals surface area contributed by atoms with Gasteiger partial charge in [-0.2, -0.15) is 15.3 Å². The second kappa shape index (κ2) is 32.2. The molecule has 8 aromatic rings. The highest BCUT2D eigenvalue weighted by Crippen LogP contribution is 2.29. The number of carboxylic acid groups (broad SMARTS) is 1. The Bertz CT molecular complexity index is 3640. The summed E-state index contributed by atoms with van der Waals surface area (Å²) in [5.74, 6) is -0.645. The molecule has 0 saturated carbocycles. The highest BCUT2D eigenvalue weighted by molar-refractivity contribution is 6.31. The van der Waals surface area contributed by atoms with Crippen LogP contribution in [0.4, 0.5) is 4.79 Å². The van der Waals surface area contributed by atoms with E-state index < -0.39 is 23.8 Å². The molecular formula is C57H74Cl5N13O11. The first-order valence-corrected chi connectivity index (χ1v) is 27.8. The van der Waals surface area contributed by atoms with E-state index in [4.69, 9.17) is 97.3 Å². The number of amides is 1. The quantitative estimate of drug-likeness (QED) is 0.0568. The molecule has 468 valence electrons. The molecule has 8 aromatic heterocycles. The van der Waals surface area contributed by atoms with Crippen molar-refractivity contribution in [3.8, 4) is 11.8 Å². The van der Waals surface area contributed by atoms with Gasteiger partial charge in [0.15, 0.2) is 32.4 Å². The van der Waals surface area contributed by atoms with Crippen molar-refractivity contribution in [2.45, 2.75) is 132 Å². The Balaban J connectivity index is 0.000000356. The fraction of sp³-hybridized carbons (Fsp3) is 0.439. The van der Waals surface area contributed by atoms with E-state index in [1.807, 2.05) is 20.8 Å². The van der Waals surface area contributed by atoms with Crippen molar-refractivity contribution >= 4 is 98.6 Å². The molecule has 1 amide bonds. The summed E-state index contributed by atoms with van der Waals surface area (Å²) in [6, 6.07) is 7.63. The number of fused-ring (bicyclic) bond motifs is 3. The van der Waals surface area contributed by atoms with Crippen LogP contribution in [0.1, 0.15) is 140 Å². The number of Topliss-reactive ketones (excluding diaryl/α,β-unsaturated/α-hetero) is 2. The van der Waals surface area contributed by atoms with Gasteiger partial charge in [0.2, 0.25) is 11.8 Å². The van der Waals surface area contributed by atoms with Crippen molar-refractivity contribution in [3.05, 3.63) is 132 Å². The number of carboxylic acids is 1. The Labute approximate surface area is 524 Å². The minimum Gasteiger partial charge on any atom is -0.478 e. The van der Waals surface area contributed by atoms with Crippen molar-refractivity contribution in [3.63, 3.8) is 0 Å². The van der Waals surface area contributed by atoms with E-state index in [-0.39, 0.29) is 108 Å². The molecule has 24 nitrogen and oxygen atoms in total. The fourth-order valence-corrected chi connectivity index (χ4v) is 9.14. The summed E-state index contributed by atoms with van der Waals surface area (Å²) in [6.45, 7) is 14.8. The Morgan fingerprint density at radius 1 is 0.570 bits per heavy atom. The standard InChI is InChI=1S/C25H31Cl2N5O5.C20H23Cl2N5O3.C10H10ClN3O3.2CH4.H2/c1-14(30-24(34)37-25(3,4)5)13-36-23-16(7-18(26)12-29-23)8-19(33)9-17-11-28-21-10-20(27)31-32(21)22(17)15(2)35-6;1-11(23)10-30-20-13(4-15(21)9-25-20)5-16(28)6-14-8-24-18-7-17(22)26-27(18)19(14)12(2)29-3;1-5(17-2)9-6(10(15)16)4-12-8-3-7(11)13-14(8)9;;;/h7,10-12,14-15H,8-9,13H2,1-6H3,(H,30,34);4,7-9,11-12H,5-6,10,23H2,1-3H3;3-5H,1-2H3,(H,15,16);2*1H4;1H/t14-,15-;11-,12-;5-;;;/m000.../s1/i;;;;;1+1. The molecule has 0 aliphatic rings. The smallest absolute Gasteiger partial charge is 0.407 e. The van der Waals surface area contributed by atoms with Crippen LogP contribution in [0.5, 0.6) is 11.8 Å². The van der Waals surface area contributed by atoms with Gasteiger partial charge in [-0.25, -0.2) is 48.1 Å². The van der Waals surface area contributed by atoms with Crippen molar-refractivity contribution in [1.82, 2.24) is 59.1 Å². The summed E-state index contributed by atoms with van der Waals surface area (Å²) in [6.07, 6.45) is 6.16. The van der Waals surface area contributed by atoms with Gasteiger partial charge in [-0.15, -0.1) is 0 Å². The Morgan fingerprint density at radius 3 is 1.33 bits per heavy atom. The number of ether oxygens (including phenoxy) is 6. The van der Waals surface area contributed by atoms with Crippen molar-refractivity contribution < 1.29 is 54.1 Å².